The second-order valence-corrected chi connectivity index (χ2v) is 10.0. The van der Waals surface area contributed by atoms with Gasteiger partial charge in [-0.05, 0) is 36.6 Å². The number of halogens is 3. The highest BCUT2D eigenvalue weighted by Gasteiger charge is 2.32. The Balaban J connectivity index is 2.46. The Morgan fingerprint density at radius 3 is 2.32 bits per heavy atom. The van der Waals surface area contributed by atoms with Crippen molar-refractivity contribution in [3.8, 4) is 0 Å². The van der Waals surface area contributed by atoms with Gasteiger partial charge in [-0.25, -0.2) is 17.2 Å². The van der Waals surface area contributed by atoms with Crippen molar-refractivity contribution >= 4 is 39.1 Å². The Morgan fingerprint density at radius 1 is 1.09 bits per heavy atom. The number of nitrogens with zero attached hydrogens (tertiary/aromatic N) is 2. The van der Waals surface area contributed by atoms with Gasteiger partial charge in [-0.1, -0.05) is 43.6 Å². The molecule has 2 aromatic rings. The zero-order chi connectivity index (χ0) is 25.5. The molecule has 2 aromatic carbocycles. The molecule has 0 bridgehead atoms. The Bertz CT molecular complexity index is 1130. The number of carbonyl (C=O) groups is 2. The van der Waals surface area contributed by atoms with Crippen molar-refractivity contribution in [2.75, 3.05) is 23.7 Å². The molecule has 0 heterocycles. The van der Waals surface area contributed by atoms with Crippen molar-refractivity contribution in [3.63, 3.8) is 0 Å². The number of amides is 2. The highest BCUT2D eigenvalue weighted by molar-refractivity contribution is 7.92. The number of hydrogen-bond acceptors (Lipinski definition) is 4. The molecule has 2 amide bonds. The third kappa shape index (κ3) is 7.14. The van der Waals surface area contributed by atoms with E-state index in [1.165, 1.54) is 4.90 Å². The topological polar surface area (TPSA) is 86.8 Å². The fourth-order valence-electron chi connectivity index (χ4n) is 3.35. The maximum atomic E-state index is 13.8. The van der Waals surface area contributed by atoms with Gasteiger partial charge in [0.1, 0.15) is 12.6 Å². The number of hydrogen-bond donors (Lipinski definition) is 1. The van der Waals surface area contributed by atoms with Gasteiger partial charge in [-0.15, -0.1) is 0 Å². The first-order valence-corrected chi connectivity index (χ1v) is 13.0. The third-order valence-electron chi connectivity index (χ3n) is 5.10. The molecule has 0 unspecified atom stereocenters. The van der Waals surface area contributed by atoms with Crippen LogP contribution in [0.15, 0.2) is 42.5 Å². The molecule has 1 N–H and O–H groups in total. The summed E-state index contributed by atoms with van der Waals surface area (Å²) in [7, 11) is -4.05. The molecular weight excluding hydrogens is 488 g/mol. The number of sulfonamides is 1. The fraction of sp³-hybridized carbons (Fsp3) is 0.391. The molecule has 0 spiro atoms. The molecule has 0 aliphatic carbocycles. The predicted molar refractivity (Wildman–Crippen MR) is 128 cm³/mol. The minimum atomic E-state index is -4.05. The lowest BCUT2D eigenvalue weighted by Crippen LogP contribution is -2.52. The summed E-state index contributed by atoms with van der Waals surface area (Å²) < 4.78 is 52.8. The van der Waals surface area contributed by atoms with Gasteiger partial charge < -0.3 is 10.2 Å². The molecular formula is C23H28ClF2N3O4S. The summed E-state index contributed by atoms with van der Waals surface area (Å²) in [5.74, 6) is -3.49. The summed E-state index contributed by atoms with van der Waals surface area (Å²) in [5.41, 5.74) is 0.355. The fourth-order valence-corrected chi connectivity index (χ4v) is 4.39. The Kier molecular flexibility index (Phi) is 9.81. The summed E-state index contributed by atoms with van der Waals surface area (Å²) in [6, 6.07) is 8.43. The van der Waals surface area contributed by atoms with E-state index in [1.54, 1.807) is 31.2 Å². The monoisotopic (exact) mass is 515 g/mol. The number of rotatable bonds is 11. The van der Waals surface area contributed by atoms with Crippen molar-refractivity contribution in [1.29, 1.82) is 0 Å². The quantitative estimate of drug-likeness (QED) is 0.494. The molecule has 0 aliphatic rings. The number of nitrogens with one attached hydrogen (secondary N) is 1. The van der Waals surface area contributed by atoms with Crippen LogP contribution >= 0.6 is 11.6 Å². The van der Waals surface area contributed by atoms with Gasteiger partial charge in [0, 0.05) is 24.2 Å². The van der Waals surface area contributed by atoms with Crippen LogP contribution in [-0.2, 0) is 26.2 Å². The number of anilines is 1. The summed E-state index contributed by atoms with van der Waals surface area (Å²) in [6.45, 7) is 3.26. The van der Waals surface area contributed by atoms with Gasteiger partial charge >= 0.3 is 0 Å². The molecule has 186 valence electrons. The van der Waals surface area contributed by atoms with Crippen molar-refractivity contribution < 1.29 is 26.8 Å². The lowest BCUT2D eigenvalue weighted by Gasteiger charge is -2.33. The first kappa shape index (κ1) is 27.5. The summed E-state index contributed by atoms with van der Waals surface area (Å²) in [5, 5.41) is 3.14. The maximum Gasteiger partial charge on any atom is 0.244 e. The van der Waals surface area contributed by atoms with Gasteiger partial charge in [0.15, 0.2) is 11.6 Å². The van der Waals surface area contributed by atoms with E-state index in [0.29, 0.717) is 33.9 Å². The Morgan fingerprint density at radius 2 is 1.76 bits per heavy atom. The van der Waals surface area contributed by atoms with Gasteiger partial charge in [0.2, 0.25) is 21.8 Å². The van der Waals surface area contributed by atoms with E-state index in [9.17, 15) is 26.8 Å². The summed E-state index contributed by atoms with van der Waals surface area (Å²) >= 11 is 6.27. The zero-order valence-electron chi connectivity index (χ0n) is 19.2. The normalized spacial score (nSPS) is 12.2. The molecule has 0 aliphatic heterocycles. The molecule has 0 aromatic heterocycles. The second-order valence-electron chi connectivity index (χ2n) is 7.70. The van der Waals surface area contributed by atoms with Crippen molar-refractivity contribution in [2.24, 2.45) is 0 Å². The Labute approximate surface area is 203 Å². The molecule has 1 atom stereocenters. The minimum absolute atomic E-state index is 0.0497. The highest BCUT2D eigenvalue weighted by atomic mass is 35.5. The van der Waals surface area contributed by atoms with E-state index >= 15 is 0 Å². The average Bonchev–Trinajstić information content (AvgIpc) is 2.78. The Hall–Kier alpha value is -2.72. The van der Waals surface area contributed by atoms with Crippen LogP contribution in [0.1, 0.15) is 32.3 Å². The molecule has 7 nitrogen and oxygen atoms in total. The molecule has 0 radical (unpaired) electrons. The zero-order valence-corrected chi connectivity index (χ0v) is 20.8. The molecule has 11 heteroatoms. The van der Waals surface area contributed by atoms with E-state index in [2.05, 4.69) is 5.32 Å². The van der Waals surface area contributed by atoms with Crippen LogP contribution in [0.25, 0.3) is 0 Å². The van der Waals surface area contributed by atoms with Crippen molar-refractivity contribution in [1.82, 2.24) is 10.2 Å². The van der Waals surface area contributed by atoms with Crippen LogP contribution in [0, 0.1) is 11.6 Å². The maximum absolute atomic E-state index is 13.8. The molecule has 0 saturated heterocycles. The van der Waals surface area contributed by atoms with Crippen LogP contribution in [-0.4, -0.2) is 50.5 Å². The minimum Gasteiger partial charge on any atom is -0.354 e. The van der Waals surface area contributed by atoms with E-state index in [-0.39, 0.29) is 24.6 Å². The molecule has 34 heavy (non-hydrogen) atoms. The SMILES string of the molecule is CCCNC(=O)[C@H](CC)N(Cc1ccccc1Cl)C(=O)CN(c1ccc(F)c(F)c1)S(C)(=O)=O. The summed E-state index contributed by atoms with van der Waals surface area (Å²) in [6.07, 6.45) is 1.81. The van der Waals surface area contributed by atoms with Gasteiger partial charge in [0.05, 0.1) is 11.9 Å². The smallest absolute Gasteiger partial charge is 0.244 e. The number of carbonyl (C=O) groups excluding carboxylic acids is 2. The predicted octanol–water partition coefficient (Wildman–Crippen LogP) is 3.72. The van der Waals surface area contributed by atoms with Gasteiger partial charge in [0.25, 0.3) is 0 Å². The van der Waals surface area contributed by atoms with Crippen molar-refractivity contribution in [3.05, 3.63) is 64.7 Å². The lowest BCUT2D eigenvalue weighted by atomic mass is 10.1. The van der Waals surface area contributed by atoms with Gasteiger partial charge in [-0.3, -0.25) is 13.9 Å². The summed E-state index contributed by atoms with van der Waals surface area (Å²) in [4.78, 5) is 27.5. The van der Waals surface area contributed by atoms with Crippen LogP contribution in [0.2, 0.25) is 5.02 Å². The highest BCUT2D eigenvalue weighted by Crippen LogP contribution is 2.23. The second kappa shape index (κ2) is 12.1. The van der Waals surface area contributed by atoms with E-state index in [1.807, 2.05) is 6.92 Å². The lowest BCUT2D eigenvalue weighted by molar-refractivity contribution is -0.140. The van der Waals surface area contributed by atoms with Gasteiger partial charge in [-0.2, -0.15) is 0 Å². The van der Waals surface area contributed by atoms with Crippen molar-refractivity contribution in [2.45, 2.75) is 39.3 Å². The average molecular weight is 516 g/mol. The standard InChI is InChI=1S/C23H28ClF2N3O4S/c1-4-12-27-23(31)21(5-2)28(14-16-8-6-7-9-18(16)24)22(30)15-29(34(3,32)33)17-10-11-19(25)20(26)13-17/h6-11,13,21H,4-5,12,14-15H2,1-3H3,(H,27,31)/t21-/m0/s1. The van der Waals surface area contributed by atoms with E-state index < -0.39 is 40.2 Å². The molecule has 0 fully saturated rings. The van der Waals surface area contributed by atoms with Crippen LogP contribution in [0.4, 0.5) is 14.5 Å². The van der Waals surface area contributed by atoms with Crippen LogP contribution in [0.3, 0.4) is 0 Å². The van der Waals surface area contributed by atoms with E-state index in [4.69, 9.17) is 11.6 Å². The third-order valence-corrected chi connectivity index (χ3v) is 6.61. The first-order valence-electron chi connectivity index (χ1n) is 10.7. The first-order chi connectivity index (χ1) is 16.0. The number of benzene rings is 2. The largest absolute Gasteiger partial charge is 0.354 e. The van der Waals surface area contributed by atoms with E-state index in [0.717, 1.165) is 18.4 Å². The van der Waals surface area contributed by atoms with Crippen LogP contribution < -0.4 is 9.62 Å². The molecule has 2 rings (SSSR count). The molecule has 0 saturated carbocycles. The van der Waals surface area contributed by atoms with Crippen LogP contribution in [0.5, 0.6) is 0 Å².